The van der Waals surface area contributed by atoms with Crippen LogP contribution in [-0.2, 0) is 37.5 Å². The first-order valence-electron chi connectivity index (χ1n) is 21.6. The third-order valence-corrected chi connectivity index (χ3v) is 11.2. The molecule has 1 saturated carbocycles. The number of rotatable bonds is 36. The molecule has 1 fully saturated rings. The van der Waals surface area contributed by atoms with E-state index >= 15 is 0 Å². The molecule has 0 aromatic heterocycles. The molecule has 0 radical (unpaired) electrons. The highest BCUT2D eigenvalue weighted by atomic mass is 31.2. The molecule has 5 N–H and O–H groups in total. The number of ether oxygens (including phenoxy) is 2. The Labute approximate surface area is 336 Å². The molecule has 0 aromatic rings. The number of hydrogen-bond donors (Lipinski definition) is 5. The molecule has 7 atom stereocenters. The molecule has 13 nitrogen and oxygen atoms in total. The Morgan fingerprint density at radius 3 is 1.95 bits per heavy atom. The van der Waals surface area contributed by atoms with Crippen LogP contribution in [0.5, 0.6) is 0 Å². The zero-order valence-electron chi connectivity index (χ0n) is 34.7. The molecule has 56 heavy (non-hydrogen) atoms. The standard InChI is InChI=1S/C42H77O13P/c1-4-5-16-22-34(44)26-27-38-37(39(46)28-40(38)47)23-18-14-15-20-25-42(49)55-36(32-54-56(50,51)53-30-35(45)29-43)31-52-41(48)24-19-13-11-9-7-6-8-10-12-17-21-33(2)3/h26-27,33-38,40,43-45,47H,4-25,28-32H2,1-3H3,(H,50,51)/b27-26+/t34-,35-,36+,37+,38+,40+/m0/s1. The van der Waals surface area contributed by atoms with E-state index in [1.165, 1.54) is 44.9 Å². The fourth-order valence-electron chi connectivity index (χ4n) is 6.84. The van der Waals surface area contributed by atoms with Crippen molar-refractivity contribution in [3.63, 3.8) is 0 Å². The second-order valence-electron chi connectivity index (χ2n) is 16.0. The summed E-state index contributed by atoms with van der Waals surface area (Å²) in [6, 6.07) is 0. The molecule has 1 aliphatic rings. The van der Waals surface area contributed by atoms with Crippen molar-refractivity contribution in [1.29, 1.82) is 0 Å². The van der Waals surface area contributed by atoms with Crippen molar-refractivity contribution in [3.8, 4) is 0 Å². The van der Waals surface area contributed by atoms with Crippen LogP contribution in [0.15, 0.2) is 12.2 Å². The lowest BCUT2D eigenvalue weighted by Gasteiger charge is -2.20. The number of carbonyl (C=O) groups is 3. The Kier molecular flexibility index (Phi) is 30.1. The Balaban J connectivity index is 2.46. The van der Waals surface area contributed by atoms with Gasteiger partial charge >= 0.3 is 19.8 Å². The average Bonchev–Trinajstić information content (AvgIpc) is 3.43. The number of ketones is 1. The maximum atomic E-state index is 12.7. The predicted molar refractivity (Wildman–Crippen MR) is 216 cm³/mol. The van der Waals surface area contributed by atoms with Gasteiger partial charge in [-0.1, -0.05) is 136 Å². The van der Waals surface area contributed by atoms with E-state index < -0.39 is 64.0 Å². The number of phosphoric acid groups is 1. The van der Waals surface area contributed by atoms with Crippen LogP contribution in [0.3, 0.4) is 0 Å². The van der Waals surface area contributed by atoms with E-state index in [1.54, 1.807) is 12.2 Å². The molecule has 0 heterocycles. The first kappa shape index (κ1) is 52.3. The van der Waals surface area contributed by atoms with Gasteiger partial charge < -0.3 is 34.8 Å². The summed E-state index contributed by atoms with van der Waals surface area (Å²) in [6.45, 7) is 4.30. The first-order valence-corrected chi connectivity index (χ1v) is 23.1. The number of esters is 2. The van der Waals surface area contributed by atoms with Crippen LogP contribution in [0.25, 0.3) is 0 Å². The molecule has 14 heteroatoms. The Morgan fingerprint density at radius 2 is 1.34 bits per heavy atom. The smallest absolute Gasteiger partial charge is 0.462 e. The van der Waals surface area contributed by atoms with Crippen molar-refractivity contribution in [2.75, 3.05) is 26.4 Å². The summed E-state index contributed by atoms with van der Waals surface area (Å²) in [5, 5.41) is 39.1. The quantitative estimate of drug-likeness (QED) is 0.0178. The minimum Gasteiger partial charge on any atom is -0.462 e. The van der Waals surface area contributed by atoms with Crippen LogP contribution in [0.1, 0.15) is 168 Å². The largest absolute Gasteiger partial charge is 0.472 e. The van der Waals surface area contributed by atoms with E-state index in [0.717, 1.165) is 57.3 Å². The van der Waals surface area contributed by atoms with Crippen molar-refractivity contribution in [3.05, 3.63) is 12.2 Å². The number of unbranched alkanes of at least 4 members (excludes halogenated alkanes) is 14. The minimum atomic E-state index is -4.68. The maximum absolute atomic E-state index is 12.7. The molecule has 1 aliphatic carbocycles. The molecule has 0 aromatic carbocycles. The third kappa shape index (κ3) is 27.1. The van der Waals surface area contributed by atoms with Gasteiger partial charge in [-0.2, -0.15) is 0 Å². The topological polar surface area (TPSA) is 206 Å². The lowest BCUT2D eigenvalue weighted by Crippen LogP contribution is -2.29. The van der Waals surface area contributed by atoms with Crippen molar-refractivity contribution < 1.29 is 62.8 Å². The van der Waals surface area contributed by atoms with Gasteiger partial charge in [0.15, 0.2) is 6.10 Å². The third-order valence-electron chi connectivity index (χ3n) is 10.2. The van der Waals surface area contributed by atoms with Crippen LogP contribution in [0.4, 0.5) is 0 Å². The highest BCUT2D eigenvalue weighted by Crippen LogP contribution is 2.43. The maximum Gasteiger partial charge on any atom is 0.472 e. The number of Topliss-reactive ketones (excluding diaryl/α,β-unsaturated/α-hetero) is 1. The van der Waals surface area contributed by atoms with Crippen molar-refractivity contribution in [2.45, 2.75) is 193 Å². The summed E-state index contributed by atoms with van der Waals surface area (Å²) < 4.78 is 32.7. The van der Waals surface area contributed by atoms with E-state index in [4.69, 9.17) is 19.1 Å². The zero-order valence-corrected chi connectivity index (χ0v) is 35.6. The van der Waals surface area contributed by atoms with E-state index in [1.807, 2.05) is 0 Å². The SMILES string of the molecule is CCCCC[C@H](O)/C=C/[C@H]1[C@H](O)CC(=O)[C@@H]1CCCCCCC(=O)O[C@H](COC(=O)CCCCCCCCCCCCC(C)C)COP(=O)(O)OC[C@@H](O)CO. The molecule has 1 unspecified atom stereocenters. The van der Waals surface area contributed by atoms with Gasteiger partial charge in [0.25, 0.3) is 0 Å². The molecule has 0 amide bonds. The van der Waals surface area contributed by atoms with Gasteiger partial charge in [0.05, 0.1) is 32.0 Å². The molecule has 0 spiro atoms. The fourth-order valence-corrected chi connectivity index (χ4v) is 7.63. The Hall–Kier alpha value is -1.70. The number of aliphatic hydroxyl groups excluding tert-OH is 4. The van der Waals surface area contributed by atoms with Crippen LogP contribution >= 0.6 is 7.82 Å². The lowest BCUT2D eigenvalue weighted by atomic mass is 9.88. The van der Waals surface area contributed by atoms with Gasteiger partial charge in [0, 0.05) is 31.1 Å². The summed E-state index contributed by atoms with van der Waals surface area (Å²) in [6.07, 6.45) is 19.5. The van der Waals surface area contributed by atoms with Crippen LogP contribution < -0.4 is 0 Å². The Bertz CT molecular complexity index is 1120. The van der Waals surface area contributed by atoms with Crippen molar-refractivity contribution >= 4 is 25.5 Å². The van der Waals surface area contributed by atoms with Gasteiger partial charge in [-0.15, -0.1) is 0 Å². The number of aliphatic hydroxyl groups is 4. The minimum absolute atomic E-state index is 0.0245. The monoisotopic (exact) mass is 821 g/mol. The Morgan fingerprint density at radius 1 is 0.786 bits per heavy atom. The molecular formula is C42H77O13P. The summed E-state index contributed by atoms with van der Waals surface area (Å²) in [5.74, 6) is -0.909. The highest BCUT2D eigenvalue weighted by molar-refractivity contribution is 7.47. The molecule has 1 rings (SSSR count). The van der Waals surface area contributed by atoms with Crippen LogP contribution in [0, 0.1) is 17.8 Å². The van der Waals surface area contributed by atoms with Gasteiger partial charge in [0.2, 0.25) is 0 Å². The summed E-state index contributed by atoms with van der Waals surface area (Å²) in [5.41, 5.74) is 0. The molecule has 0 aliphatic heterocycles. The highest BCUT2D eigenvalue weighted by Gasteiger charge is 2.39. The number of phosphoric ester groups is 1. The molecular weight excluding hydrogens is 743 g/mol. The van der Waals surface area contributed by atoms with Gasteiger partial charge in [-0.05, 0) is 31.6 Å². The molecule has 0 bridgehead atoms. The summed E-state index contributed by atoms with van der Waals surface area (Å²) in [7, 11) is -4.68. The van der Waals surface area contributed by atoms with Crippen LogP contribution in [-0.4, -0.2) is 93.9 Å². The number of carbonyl (C=O) groups excluding carboxylic acids is 3. The second kappa shape index (κ2) is 32.2. The van der Waals surface area contributed by atoms with E-state index in [-0.39, 0.29) is 43.5 Å². The van der Waals surface area contributed by atoms with Crippen molar-refractivity contribution in [1.82, 2.24) is 0 Å². The van der Waals surface area contributed by atoms with E-state index in [0.29, 0.717) is 32.1 Å². The van der Waals surface area contributed by atoms with E-state index in [9.17, 15) is 39.2 Å². The normalized spacial score (nSPS) is 20.0. The predicted octanol–water partition coefficient (Wildman–Crippen LogP) is 7.67. The van der Waals surface area contributed by atoms with Gasteiger partial charge in [-0.25, -0.2) is 4.57 Å². The van der Waals surface area contributed by atoms with E-state index in [2.05, 4.69) is 25.3 Å². The lowest BCUT2D eigenvalue weighted by molar-refractivity contribution is -0.161. The number of hydrogen-bond acceptors (Lipinski definition) is 12. The van der Waals surface area contributed by atoms with Crippen LogP contribution in [0.2, 0.25) is 0 Å². The summed E-state index contributed by atoms with van der Waals surface area (Å²) in [4.78, 5) is 47.7. The van der Waals surface area contributed by atoms with Gasteiger partial charge in [0.1, 0.15) is 18.5 Å². The van der Waals surface area contributed by atoms with Crippen molar-refractivity contribution in [2.24, 2.45) is 17.8 Å². The average molecular weight is 821 g/mol. The summed E-state index contributed by atoms with van der Waals surface area (Å²) >= 11 is 0. The zero-order chi connectivity index (χ0) is 41.6. The van der Waals surface area contributed by atoms with Gasteiger partial charge in [-0.3, -0.25) is 23.4 Å². The molecule has 328 valence electrons. The molecule has 0 saturated heterocycles. The first-order chi connectivity index (χ1) is 26.8. The second-order valence-corrected chi connectivity index (χ2v) is 17.4. The fraction of sp³-hybridized carbons (Fsp3) is 0.881.